The Morgan fingerprint density at radius 3 is 2.27 bits per heavy atom. The fourth-order valence-electron chi connectivity index (χ4n) is 2.91. The van der Waals surface area contributed by atoms with Crippen molar-refractivity contribution >= 4 is 27.3 Å². The van der Waals surface area contributed by atoms with E-state index in [1.165, 1.54) is 12.1 Å². The van der Waals surface area contributed by atoms with Crippen LogP contribution in [0.2, 0.25) is 0 Å². The molecule has 0 aromatic heterocycles. The molecule has 1 amide bonds. The van der Waals surface area contributed by atoms with Gasteiger partial charge in [-0.1, -0.05) is 35.9 Å². The van der Waals surface area contributed by atoms with Crippen molar-refractivity contribution in [2.45, 2.75) is 25.7 Å². The molecule has 0 saturated heterocycles. The molecule has 0 bridgehead atoms. The maximum Gasteiger partial charge on any atom is 0.262 e. The Kier molecular flexibility index (Phi) is 6.42. The fourth-order valence-corrected chi connectivity index (χ4v) is 4.04. The highest BCUT2D eigenvalue weighted by Gasteiger charge is 2.15. The van der Waals surface area contributed by atoms with Crippen molar-refractivity contribution in [3.63, 3.8) is 0 Å². The maximum atomic E-state index is 12.6. The zero-order chi connectivity index (χ0) is 21.7. The van der Waals surface area contributed by atoms with Crippen molar-refractivity contribution in [3.05, 3.63) is 83.4 Å². The predicted molar refractivity (Wildman–Crippen MR) is 118 cm³/mol. The second kappa shape index (κ2) is 9.00. The van der Waals surface area contributed by atoms with Gasteiger partial charge in [0.05, 0.1) is 10.6 Å². The summed E-state index contributed by atoms with van der Waals surface area (Å²) in [5, 5.41) is 2.70. The van der Waals surface area contributed by atoms with Gasteiger partial charge in [0, 0.05) is 5.69 Å². The van der Waals surface area contributed by atoms with Crippen LogP contribution >= 0.6 is 0 Å². The van der Waals surface area contributed by atoms with Gasteiger partial charge in [0.15, 0.2) is 6.61 Å². The van der Waals surface area contributed by atoms with Crippen LogP contribution in [0, 0.1) is 20.8 Å². The molecule has 0 saturated carbocycles. The van der Waals surface area contributed by atoms with Crippen molar-refractivity contribution in [2.24, 2.45) is 0 Å². The number of sulfonamides is 1. The summed E-state index contributed by atoms with van der Waals surface area (Å²) >= 11 is 0. The van der Waals surface area contributed by atoms with E-state index in [0.717, 1.165) is 16.7 Å². The van der Waals surface area contributed by atoms with Crippen molar-refractivity contribution in [1.82, 2.24) is 0 Å². The SMILES string of the molecule is Cc1ccc(NS(=O)(=O)c2ccc(NC(=O)COc3ccccc3C)cc2)c(C)c1. The predicted octanol–water partition coefficient (Wildman–Crippen LogP) is 4.43. The molecule has 3 aromatic carbocycles. The molecule has 2 N–H and O–H groups in total. The lowest BCUT2D eigenvalue weighted by Gasteiger charge is -2.12. The third-order valence-corrected chi connectivity index (χ3v) is 5.91. The lowest BCUT2D eigenvalue weighted by molar-refractivity contribution is -0.118. The van der Waals surface area contributed by atoms with E-state index < -0.39 is 10.0 Å². The van der Waals surface area contributed by atoms with Crippen LogP contribution in [0.3, 0.4) is 0 Å². The molecule has 0 unspecified atom stereocenters. The largest absolute Gasteiger partial charge is 0.483 e. The molecule has 0 aliphatic rings. The molecule has 3 aromatic rings. The molecule has 0 radical (unpaired) electrons. The molecular weight excluding hydrogens is 400 g/mol. The quantitative estimate of drug-likeness (QED) is 0.588. The molecule has 3 rings (SSSR count). The van der Waals surface area contributed by atoms with E-state index in [1.807, 2.05) is 51.1 Å². The number of hydrogen-bond donors (Lipinski definition) is 2. The van der Waals surface area contributed by atoms with Gasteiger partial charge in [-0.3, -0.25) is 9.52 Å². The Morgan fingerprint density at radius 1 is 0.900 bits per heavy atom. The number of carbonyl (C=O) groups excluding carboxylic acids is 1. The zero-order valence-corrected chi connectivity index (χ0v) is 17.9. The number of benzene rings is 3. The maximum absolute atomic E-state index is 12.6. The molecule has 7 heteroatoms. The number of ether oxygens (including phenoxy) is 1. The summed E-state index contributed by atoms with van der Waals surface area (Å²) in [5.41, 5.74) is 3.86. The van der Waals surface area contributed by atoms with E-state index in [-0.39, 0.29) is 17.4 Å². The molecule has 0 fully saturated rings. The van der Waals surface area contributed by atoms with E-state index in [4.69, 9.17) is 4.74 Å². The molecule has 156 valence electrons. The zero-order valence-electron chi connectivity index (χ0n) is 17.1. The number of rotatable bonds is 7. The molecule has 0 atom stereocenters. The lowest BCUT2D eigenvalue weighted by atomic mass is 10.1. The van der Waals surface area contributed by atoms with Gasteiger partial charge < -0.3 is 10.1 Å². The van der Waals surface area contributed by atoms with E-state index in [2.05, 4.69) is 10.0 Å². The van der Waals surface area contributed by atoms with E-state index in [0.29, 0.717) is 17.1 Å². The van der Waals surface area contributed by atoms with Crippen LogP contribution in [0.4, 0.5) is 11.4 Å². The minimum Gasteiger partial charge on any atom is -0.483 e. The highest BCUT2D eigenvalue weighted by atomic mass is 32.2. The molecular formula is C23H24N2O4S. The van der Waals surface area contributed by atoms with Crippen molar-refractivity contribution in [2.75, 3.05) is 16.6 Å². The monoisotopic (exact) mass is 424 g/mol. The van der Waals surface area contributed by atoms with Crippen LogP contribution in [0.1, 0.15) is 16.7 Å². The van der Waals surface area contributed by atoms with E-state index >= 15 is 0 Å². The van der Waals surface area contributed by atoms with Gasteiger partial charge in [0.2, 0.25) is 0 Å². The molecule has 0 spiro atoms. The summed E-state index contributed by atoms with van der Waals surface area (Å²) in [4.78, 5) is 12.2. The summed E-state index contributed by atoms with van der Waals surface area (Å²) < 4.78 is 33.4. The van der Waals surface area contributed by atoms with Gasteiger partial charge >= 0.3 is 0 Å². The molecule has 30 heavy (non-hydrogen) atoms. The van der Waals surface area contributed by atoms with Gasteiger partial charge in [0.25, 0.3) is 15.9 Å². The fraction of sp³-hybridized carbons (Fsp3) is 0.174. The second-order valence-corrected chi connectivity index (χ2v) is 8.73. The first-order chi connectivity index (χ1) is 14.2. The number of amides is 1. The van der Waals surface area contributed by atoms with Crippen molar-refractivity contribution in [1.29, 1.82) is 0 Å². The third kappa shape index (κ3) is 5.39. The highest BCUT2D eigenvalue weighted by Crippen LogP contribution is 2.22. The van der Waals surface area contributed by atoms with E-state index in [1.54, 1.807) is 24.3 Å². The lowest BCUT2D eigenvalue weighted by Crippen LogP contribution is -2.20. The molecule has 0 heterocycles. The van der Waals surface area contributed by atoms with Gasteiger partial charge in [-0.25, -0.2) is 8.42 Å². The van der Waals surface area contributed by atoms with E-state index in [9.17, 15) is 13.2 Å². The summed E-state index contributed by atoms with van der Waals surface area (Å²) in [5.74, 6) is 0.314. The Hall–Kier alpha value is -3.32. The first kappa shape index (κ1) is 21.4. The summed E-state index contributed by atoms with van der Waals surface area (Å²) in [6.07, 6.45) is 0. The first-order valence-electron chi connectivity index (χ1n) is 9.43. The van der Waals surface area contributed by atoms with Crippen LogP contribution in [0.5, 0.6) is 5.75 Å². The van der Waals surface area contributed by atoms with Crippen LogP contribution in [-0.4, -0.2) is 20.9 Å². The number of aryl methyl sites for hydroxylation is 3. The Labute approximate surface area is 177 Å². The third-order valence-electron chi connectivity index (χ3n) is 4.53. The average Bonchev–Trinajstić information content (AvgIpc) is 2.70. The highest BCUT2D eigenvalue weighted by molar-refractivity contribution is 7.92. The van der Waals surface area contributed by atoms with Crippen LogP contribution < -0.4 is 14.8 Å². The number of anilines is 2. The minimum atomic E-state index is -3.73. The average molecular weight is 425 g/mol. The molecule has 6 nitrogen and oxygen atoms in total. The van der Waals surface area contributed by atoms with Crippen molar-refractivity contribution < 1.29 is 17.9 Å². The number of hydrogen-bond acceptors (Lipinski definition) is 4. The van der Waals surface area contributed by atoms with Gasteiger partial charge in [-0.05, 0) is 68.3 Å². The van der Waals surface area contributed by atoms with Gasteiger partial charge in [-0.2, -0.15) is 0 Å². The topological polar surface area (TPSA) is 84.5 Å². The Bertz CT molecular complexity index is 1160. The number of nitrogens with one attached hydrogen (secondary N) is 2. The van der Waals surface area contributed by atoms with Crippen LogP contribution in [0.15, 0.2) is 71.6 Å². The second-order valence-electron chi connectivity index (χ2n) is 7.05. The molecule has 0 aliphatic carbocycles. The normalized spacial score (nSPS) is 11.0. The minimum absolute atomic E-state index is 0.108. The first-order valence-corrected chi connectivity index (χ1v) is 10.9. The van der Waals surface area contributed by atoms with Gasteiger partial charge in [-0.15, -0.1) is 0 Å². The Morgan fingerprint density at radius 2 is 1.60 bits per heavy atom. The standard InChI is InChI=1S/C23H24N2O4S/c1-16-8-13-21(18(3)14-16)25-30(27,28)20-11-9-19(10-12-20)24-23(26)15-29-22-7-5-4-6-17(22)2/h4-14,25H,15H2,1-3H3,(H,24,26). The van der Waals surface area contributed by atoms with Crippen molar-refractivity contribution in [3.8, 4) is 5.75 Å². The summed E-state index contributed by atoms with van der Waals surface area (Å²) in [6.45, 7) is 5.56. The molecule has 0 aliphatic heterocycles. The number of carbonyl (C=O) groups is 1. The van der Waals surface area contributed by atoms with Crippen LogP contribution in [-0.2, 0) is 14.8 Å². The number of para-hydroxylation sites is 1. The Balaban J connectivity index is 1.62. The van der Waals surface area contributed by atoms with Gasteiger partial charge in [0.1, 0.15) is 5.75 Å². The smallest absolute Gasteiger partial charge is 0.262 e. The summed E-state index contributed by atoms with van der Waals surface area (Å²) in [6, 6.07) is 18.9. The summed E-state index contributed by atoms with van der Waals surface area (Å²) in [7, 11) is -3.73. The van der Waals surface area contributed by atoms with Crippen LogP contribution in [0.25, 0.3) is 0 Å².